The Morgan fingerprint density at radius 1 is 1.50 bits per heavy atom. The van der Waals surface area contributed by atoms with E-state index in [1.807, 2.05) is 6.07 Å². The van der Waals surface area contributed by atoms with Crippen LogP contribution in [0.4, 0.5) is 4.39 Å². The van der Waals surface area contributed by atoms with Gasteiger partial charge in [-0.25, -0.2) is 4.39 Å². The second-order valence-corrected chi connectivity index (χ2v) is 3.72. The van der Waals surface area contributed by atoms with Gasteiger partial charge >= 0.3 is 0 Å². The maximum Gasteiger partial charge on any atom is 0.123 e. The molecular weight excluding hydrogens is 207 g/mol. The molecule has 0 spiro atoms. The number of aryl methyl sites for hydroxylation is 1. The fraction of sp³-hybridized carbons (Fsp3) is 0.273. The SMILES string of the molecule is Cn1nncc1C(N)Cc1cccc(F)c1. The largest absolute Gasteiger partial charge is 0.322 e. The smallest absolute Gasteiger partial charge is 0.123 e. The summed E-state index contributed by atoms with van der Waals surface area (Å²) >= 11 is 0. The molecule has 0 aliphatic carbocycles. The molecule has 0 fully saturated rings. The molecule has 0 amide bonds. The molecule has 0 aliphatic heterocycles. The van der Waals surface area contributed by atoms with Crippen LogP contribution in [0, 0.1) is 5.82 Å². The van der Waals surface area contributed by atoms with Gasteiger partial charge in [-0.05, 0) is 24.1 Å². The molecule has 1 heterocycles. The zero-order chi connectivity index (χ0) is 11.5. The van der Waals surface area contributed by atoms with Crippen LogP contribution in [-0.4, -0.2) is 15.0 Å². The zero-order valence-electron chi connectivity index (χ0n) is 8.97. The second-order valence-electron chi connectivity index (χ2n) is 3.72. The molecule has 1 aromatic heterocycles. The molecule has 0 bridgehead atoms. The number of benzene rings is 1. The van der Waals surface area contributed by atoms with Crippen LogP contribution in [0.1, 0.15) is 17.3 Å². The van der Waals surface area contributed by atoms with Gasteiger partial charge < -0.3 is 5.73 Å². The molecule has 16 heavy (non-hydrogen) atoms. The lowest BCUT2D eigenvalue weighted by Gasteiger charge is -2.11. The molecule has 2 rings (SSSR count). The minimum Gasteiger partial charge on any atom is -0.322 e. The zero-order valence-corrected chi connectivity index (χ0v) is 8.97. The average molecular weight is 220 g/mol. The predicted molar refractivity (Wildman–Crippen MR) is 58.0 cm³/mol. The summed E-state index contributed by atoms with van der Waals surface area (Å²) < 4.78 is 14.6. The van der Waals surface area contributed by atoms with E-state index in [2.05, 4.69) is 10.3 Å². The molecule has 0 radical (unpaired) electrons. The van der Waals surface area contributed by atoms with Crippen LogP contribution in [0.2, 0.25) is 0 Å². The van der Waals surface area contributed by atoms with E-state index in [9.17, 15) is 4.39 Å². The van der Waals surface area contributed by atoms with E-state index in [1.165, 1.54) is 12.1 Å². The predicted octanol–water partition coefficient (Wildman–Crippen LogP) is 1.20. The van der Waals surface area contributed by atoms with Crippen molar-refractivity contribution in [2.24, 2.45) is 12.8 Å². The van der Waals surface area contributed by atoms with Crippen LogP contribution >= 0.6 is 0 Å². The highest BCUT2D eigenvalue weighted by Gasteiger charge is 2.11. The van der Waals surface area contributed by atoms with E-state index in [0.717, 1.165) is 11.3 Å². The number of hydrogen-bond acceptors (Lipinski definition) is 3. The van der Waals surface area contributed by atoms with Gasteiger partial charge in [0.05, 0.1) is 17.9 Å². The summed E-state index contributed by atoms with van der Waals surface area (Å²) in [5.74, 6) is -0.243. The molecule has 5 heteroatoms. The molecule has 1 aromatic carbocycles. The summed E-state index contributed by atoms with van der Waals surface area (Å²) in [4.78, 5) is 0. The van der Waals surface area contributed by atoms with Crippen LogP contribution in [0.25, 0.3) is 0 Å². The van der Waals surface area contributed by atoms with Gasteiger partial charge in [-0.15, -0.1) is 5.10 Å². The topological polar surface area (TPSA) is 56.7 Å². The van der Waals surface area contributed by atoms with Crippen molar-refractivity contribution < 1.29 is 4.39 Å². The third-order valence-corrected chi connectivity index (χ3v) is 2.47. The highest BCUT2D eigenvalue weighted by atomic mass is 19.1. The molecule has 2 N–H and O–H groups in total. The molecule has 0 aliphatic rings. The first-order chi connectivity index (χ1) is 7.66. The lowest BCUT2D eigenvalue weighted by Crippen LogP contribution is -2.17. The Labute approximate surface area is 92.9 Å². The number of hydrogen-bond donors (Lipinski definition) is 1. The number of nitrogens with two attached hydrogens (primary N) is 1. The van der Waals surface area contributed by atoms with Crippen LogP contribution in [0.15, 0.2) is 30.5 Å². The van der Waals surface area contributed by atoms with E-state index in [0.29, 0.717) is 6.42 Å². The van der Waals surface area contributed by atoms with E-state index in [-0.39, 0.29) is 11.9 Å². The summed E-state index contributed by atoms with van der Waals surface area (Å²) in [7, 11) is 1.79. The molecule has 84 valence electrons. The molecule has 4 nitrogen and oxygen atoms in total. The molecular formula is C11H13FN4. The lowest BCUT2D eigenvalue weighted by molar-refractivity contribution is 0.599. The number of rotatable bonds is 3. The normalized spacial score (nSPS) is 12.7. The Morgan fingerprint density at radius 2 is 2.31 bits per heavy atom. The molecule has 2 aromatic rings. The van der Waals surface area contributed by atoms with Crippen molar-refractivity contribution >= 4 is 0 Å². The molecule has 0 saturated heterocycles. The van der Waals surface area contributed by atoms with Crippen molar-refractivity contribution in [3.05, 3.63) is 47.5 Å². The summed E-state index contributed by atoms with van der Waals surface area (Å²) in [6.45, 7) is 0. The number of aromatic nitrogens is 3. The van der Waals surface area contributed by atoms with Gasteiger partial charge in [0.25, 0.3) is 0 Å². The maximum atomic E-state index is 13.0. The highest BCUT2D eigenvalue weighted by Crippen LogP contribution is 2.14. The third kappa shape index (κ3) is 2.25. The van der Waals surface area contributed by atoms with Crippen molar-refractivity contribution in [2.45, 2.75) is 12.5 Å². The number of nitrogens with zero attached hydrogens (tertiary/aromatic N) is 3. The van der Waals surface area contributed by atoms with Gasteiger partial charge in [-0.1, -0.05) is 17.3 Å². The minimum absolute atomic E-state index is 0.221. The van der Waals surface area contributed by atoms with Crippen LogP contribution in [0.3, 0.4) is 0 Å². The van der Waals surface area contributed by atoms with Gasteiger partial charge in [0.15, 0.2) is 0 Å². The van der Waals surface area contributed by atoms with E-state index in [4.69, 9.17) is 5.73 Å². The monoisotopic (exact) mass is 220 g/mol. The highest BCUT2D eigenvalue weighted by molar-refractivity contribution is 5.19. The van der Waals surface area contributed by atoms with Crippen molar-refractivity contribution in [1.82, 2.24) is 15.0 Å². The van der Waals surface area contributed by atoms with E-state index >= 15 is 0 Å². The Kier molecular flexibility index (Phi) is 2.96. The van der Waals surface area contributed by atoms with Gasteiger partial charge in [0.2, 0.25) is 0 Å². The molecule has 0 saturated carbocycles. The maximum absolute atomic E-state index is 13.0. The Bertz CT molecular complexity index is 480. The Morgan fingerprint density at radius 3 is 2.94 bits per heavy atom. The van der Waals surface area contributed by atoms with Gasteiger partial charge in [0.1, 0.15) is 5.82 Å². The molecule has 1 atom stereocenters. The van der Waals surface area contributed by atoms with Gasteiger partial charge in [0, 0.05) is 7.05 Å². The first-order valence-corrected chi connectivity index (χ1v) is 5.01. The van der Waals surface area contributed by atoms with Crippen LogP contribution in [-0.2, 0) is 13.5 Å². The van der Waals surface area contributed by atoms with Crippen LogP contribution < -0.4 is 5.73 Å². The fourth-order valence-electron chi connectivity index (χ4n) is 1.66. The number of halogens is 1. The van der Waals surface area contributed by atoms with Crippen molar-refractivity contribution in [3.8, 4) is 0 Å². The van der Waals surface area contributed by atoms with Crippen molar-refractivity contribution in [3.63, 3.8) is 0 Å². The summed E-state index contributed by atoms with van der Waals surface area (Å²) in [5.41, 5.74) is 7.71. The average Bonchev–Trinajstić information content (AvgIpc) is 2.64. The Balaban J connectivity index is 2.14. The first kappa shape index (κ1) is 10.8. The summed E-state index contributed by atoms with van der Waals surface area (Å²) in [5, 5.41) is 7.57. The minimum atomic E-state index is -0.243. The van der Waals surface area contributed by atoms with Crippen molar-refractivity contribution in [1.29, 1.82) is 0 Å². The van der Waals surface area contributed by atoms with Gasteiger partial charge in [-0.3, -0.25) is 4.68 Å². The quantitative estimate of drug-likeness (QED) is 0.845. The fourth-order valence-corrected chi connectivity index (χ4v) is 1.66. The van der Waals surface area contributed by atoms with Gasteiger partial charge in [-0.2, -0.15) is 0 Å². The standard InChI is InChI=1S/C11H13FN4/c1-16-11(7-14-15-16)10(13)6-8-3-2-4-9(12)5-8/h2-5,7,10H,6,13H2,1H3. The molecule has 1 unspecified atom stereocenters. The summed E-state index contributed by atoms with van der Waals surface area (Å²) in [6.07, 6.45) is 2.20. The third-order valence-electron chi connectivity index (χ3n) is 2.47. The Hall–Kier alpha value is -1.75. The lowest BCUT2D eigenvalue weighted by atomic mass is 10.0. The second kappa shape index (κ2) is 4.40. The summed E-state index contributed by atoms with van der Waals surface area (Å²) in [6, 6.07) is 6.22. The first-order valence-electron chi connectivity index (χ1n) is 5.01. The van der Waals surface area contributed by atoms with E-state index in [1.54, 1.807) is 24.0 Å². The van der Waals surface area contributed by atoms with E-state index < -0.39 is 0 Å². The van der Waals surface area contributed by atoms with Crippen molar-refractivity contribution in [2.75, 3.05) is 0 Å². The van der Waals surface area contributed by atoms with Crippen LogP contribution in [0.5, 0.6) is 0 Å².